The molecule has 0 aliphatic carbocycles. The molecule has 2 heterocycles. The van der Waals surface area contributed by atoms with Crippen LogP contribution in [0.5, 0.6) is 0 Å². The number of rotatable bonds is 2. The summed E-state index contributed by atoms with van der Waals surface area (Å²) in [7, 11) is 0. The second-order valence-corrected chi connectivity index (χ2v) is 4.85. The first kappa shape index (κ1) is 10.9. The number of nitrogens with one attached hydrogen (secondary N) is 1. The Balaban J connectivity index is 1.91. The van der Waals surface area contributed by atoms with Gasteiger partial charge >= 0.3 is 0 Å². The number of carbonyl (C=O) groups is 1. The van der Waals surface area contributed by atoms with Gasteiger partial charge in [-0.1, -0.05) is 6.92 Å². The zero-order valence-electron chi connectivity index (χ0n) is 9.28. The maximum absolute atomic E-state index is 12.1. The largest absolute Gasteiger partial charge is 0.396 e. The fraction of sp³-hybridized carbons (Fsp3) is 0.909. The van der Waals surface area contributed by atoms with E-state index in [2.05, 4.69) is 12.2 Å². The highest BCUT2D eigenvalue weighted by Gasteiger charge is 2.35. The van der Waals surface area contributed by atoms with E-state index in [9.17, 15) is 4.79 Å². The van der Waals surface area contributed by atoms with Gasteiger partial charge in [0.1, 0.15) is 0 Å². The summed E-state index contributed by atoms with van der Waals surface area (Å²) in [4.78, 5) is 14.0. The lowest BCUT2D eigenvalue weighted by Crippen LogP contribution is -2.35. The van der Waals surface area contributed by atoms with Crippen molar-refractivity contribution in [3.63, 3.8) is 0 Å². The number of hydrogen-bond donors (Lipinski definition) is 2. The molecule has 0 radical (unpaired) electrons. The quantitative estimate of drug-likeness (QED) is 0.660. The molecule has 0 aromatic heterocycles. The van der Waals surface area contributed by atoms with Crippen molar-refractivity contribution in [2.24, 2.45) is 17.8 Å². The molecular weight excluding hydrogens is 192 g/mol. The van der Waals surface area contributed by atoms with Crippen LogP contribution >= 0.6 is 0 Å². The van der Waals surface area contributed by atoms with Crippen LogP contribution in [0.25, 0.3) is 0 Å². The number of likely N-dealkylation sites (tertiary alicyclic amines) is 1. The lowest BCUT2D eigenvalue weighted by Gasteiger charge is -2.19. The molecule has 4 nitrogen and oxygen atoms in total. The Labute approximate surface area is 90.6 Å². The molecule has 3 atom stereocenters. The van der Waals surface area contributed by atoms with Crippen LogP contribution in [-0.2, 0) is 4.79 Å². The summed E-state index contributed by atoms with van der Waals surface area (Å²) in [6.45, 7) is 5.67. The Bertz CT molecular complexity index is 239. The minimum Gasteiger partial charge on any atom is -0.396 e. The first-order valence-corrected chi connectivity index (χ1v) is 5.82. The van der Waals surface area contributed by atoms with Crippen molar-refractivity contribution in [3.8, 4) is 0 Å². The van der Waals surface area contributed by atoms with Gasteiger partial charge in [0, 0.05) is 32.2 Å². The molecule has 2 fully saturated rings. The Hall–Kier alpha value is -0.610. The molecule has 0 unspecified atom stereocenters. The van der Waals surface area contributed by atoms with Gasteiger partial charge in [0.2, 0.25) is 5.91 Å². The first-order chi connectivity index (χ1) is 7.22. The number of amides is 1. The Morgan fingerprint density at radius 2 is 2.33 bits per heavy atom. The van der Waals surface area contributed by atoms with E-state index >= 15 is 0 Å². The third kappa shape index (κ3) is 2.16. The SMILES string of the molecule is C[C@@H]1CN(C(=O)[C@@H]2CCNC2)C[C@H]1CO. The molecule has 0 saturated carbocycles. The van der Waals surface area contributed by atoms with E-state index in [0.29, 0.717) is 5.92 Å². The molecule has 86 valence electrons. The predicted molar refractivity (Wildman–Crippen MR) is 57.3 cm³/mol. The summed E-state index contributed by atoms with van der Waals surface area (Å²) in [5, 5.41) is 12.4. The van der Waals surface area contributed by atoms with Gasteiger partial charge in [0.05, 0.1) is 5.92 Å². The smallest absolute Gasteiger partial charge is 0.227 e. The van der Waals surface area contributed by atoms with Crippen molar-refractivity contribution >= 4 is 5.91 Å². The Morgan fingerprint density at radius 3 is 2.87 bits per heavy atom. The van der Waals surface area contributed by atoms with E-state index in [-0.39, 0.29) is 24.3 Å². The fourth-order valence-electron chi connectivity index (χ4n) is 2.58. The average Bonchev–Trinajstić information content (AvgIpc) is 2.85. The molecule has 0 aromatic rings. The van der Waals surface area contributed by atoms with Crippen LogP contribution in [0.3, 0.4) is 0 Å². The summed E-state index contributed by atoms with van der Waals surface area (Å²) in [5.41, 5.74) is 0. The standard InChI is InChI=1S/C11H20N2O2/c1-8-5-13(6-10(8)7-14)11(15)9-2-3-12-4-9/h8-10,12,14H,2-7H2,1H3/t8-,9-,10+/m1/s1. The average molecular weight is 212 g/mol. The van der Waals surface area contributed by atoms with Gasteiger partial charge in [-0.25, -0.2) is 0 Å². The highest BCUT2D eigenvalue weighted by atomic mass is 16.3. The van der Waals surface area contributed by atoms with Crippen LogP contribution in [0, 0.1) is 17.8 Å². The highest BCUT2D eigenvalue weighted by molar-refractivity contribution is 5.79. The van der Waals surface area contributed by atoms with Crippen LogP contribution in [0.1, 0.15) is 13.3 Å². The third-order valence-electron chi connectivity index (χ3n) is 3.72. The molecule has 2 aliphatic heterocycles. The highest BCUT2D eigenvalue weighted by Crippen LogP contribution is 2.24. The predicted octanol–water partition coefficient (Wildman–Crippen LogP) is -0.317. The number of aliphatic hydroxyl groups excluding tert-OH is 1. The van der Waals surface area contributed by atoms with Crippen LogP contribution in [0.15, 0.2) is 0 Å². The van der Waals surface area contributed by atoms with Crippen LogP contribution in [0.2, 0.25) is 0 Å². The summed E-state index contributed by atoms with van der Waals surface area (Å²) >= 11 is 0. The van der Waals surface area contributed by atoms with E-state index in [4.69, 9.17) is 5.11 Å². The number of nitrogens with zero attached hydrogens (tertiary/aromatic N) is 1. The van der Waals surface area contributed by atoms with Gasteiger partial charge in [-0.2, -0.15) is 0 Å². The Kier molecular flexibility index (Phi) is 3.26. The Morgan fingerprint density at radius 1 is 1.53 bits per heavy atom. The molecule has 4 heteroatoms. The van der Waals surface area contributed by atoms with Crippen molar-refractivity contribution in [3.05, 3.63) is 0 Å². The maximum Gasteiger partial charge on any atom is 0.227 e. The topological polar surface area (TPSA) is 52.6 Å². The molecule has 2 saturated heterocycles. The van der Waals surface area contributed by atoms with Gasteiger partial charge in [-0.15, -0.1) is 0 Å². The first-order valence-electron chi connectivity index (χ1n) is 5.82. The summed E-state index contributed by atoms with van der Waals surface area (Å²) in [6.07, 6.45) is 0.966. The van der Waals surface area contributed by atoms with Crippen molar-refractivity contribution in [2.45, 2.75) is 13.3 Å². The van der Waals surface area contributed by atoms with Crippen molar-refractivity contribution in [1.82, 2.24) is 10.2 Å². The van der Waals surface area contributed by atoms with Gasteiger partial charge < -0.3 is 15.3 Å². The maximum atomic E-state index is 12.1. The van der Waals surface area contributed by atoms with Crippen LogP contribution in [-0.4, -0.2) is 48.7 Å². The lowest BCUT2D eigenvalue weighted by atomic mass is 10.00. The molecule has 0 aromatic carbocycles. The molecule has 1 amide bonds. The number of hydrogen-bond acceptors (Lipinski definition) is 3. The second-order valence-electron chi connectivity index (χ2n) is 4.85. The molecule has 2 rings (SSSR count). The minimum atomic E-state index is 0.176. The van der Waals surface area contributed by atoms with Gasteiger partial charge in [-0.05, 0) is 18.9 Å². The van der Waals surface area contributed by atoms with Gasteiger partial charge in [0.25, 0.3) is 0 Å². The zero-order chi connectivity index (χ0) is 10.8. The molecule has 2 N–H and O–H groups in total. The van der Waals surface area contributed by atoms with Crippen molar-refractivity contribution < 1.29 is 9.90 Å². The molecule has 2 aliphatic rings. The van der Waals surface area contributed by atoms with E-state index < -0.39 is 0 Å². The molecular formula is C11H20N2O2. The monoisotopic (exact) mass is 212 g/mol. The van der Waals surface area contributed by atoms with E-state index in [1.165, 1.54) is 0 Å². The summed E-state index contributed by atoms with van der Waals surface area (Å²) in [6, 6.07) is 0. The zero-order valence-corrected chi connectivity index (χ0v) is 9.28. The van der Waals surface area contributed by atoms with Gasteiger partial charge in [0.15, 0.2) is 0 Å². The summed E-state index contributed by atoms with van der Waals surface area (Å²) < 4.78 is 0. The number of aliphatic hydroxyl groups is 1. The second kappa shape index (κ2) is 4.49. The molecule has 0 spiro atoms. The molecule has 0 bridgehead atoms. The molecule has 15 heavy (non-hydrogen) atoms. The van der Waals surface area contributed by atoms with Crippen LogP contribution in [0.4, 0.5) is 0 Å². The normalized spacial score (nSPS) is 36.1. The number of carbonyl (C=O) groups excluding carboxylic acids is 1. The fourth-order valence-corrected chi connectivity index (χ4v) is 2.58. The van der Waals surface area contributed by atoms with E-state index in [1.54, 1.807) is 0 Å². The summed E-state index contributed by atoms with van der Waals surface area (Å²) in [5.74, 6) is 1.18. The van der Waals surface area contributed by atoms with Gasteiger partial charge in [-0.3, -0.25) is 4.79 Å². The van der Waals surface area contributed by atoms with E-state index in [1.807, 2.05) is 4.90 Å². The lowest BCUT2D eigenvalue weighted by molar-refractivity contribution is -0.134. The minimum absolute atomic E-state index is 0.176. The van der Waals surface area contributed by atoms with Crippen molar-refractivity contribution in [2.75, 3.05) is 32.8 Å². The van der Waals surface area contributed by atoms with Crippen LogP contribution < -0.4 is 5.32 Å². The van der Waals surface area contributed by atoms with Crippen molar-refractivity contribution in [1.29, 1.82) is 0 Å². The van der Waals surface area contributed by atoms with E-state index in [0.717, 1.165) is 32.6 Å². The third-order valence-corrected chi connectivity index (χ3v) is 3.72.